The number of imidazole rings is 1. The Labute approximate surface area is 193 Å². The summed E-state index contributed by atoms with van der Waals surface area (Å²) < 4.78 is 1.88. The van der Waals surface area contributed by atoms with Crippen LogP contribution in [0.4, 0.5) is 5.82 Å². The number of aromatic amines is 1. The molecule has 0 radical (unpaired) electrons. The van der Waals surface area contributed by atoms with Crippen LogP contribution in [-0.2, 0) is 11.3 Å². The predicted octanol–water partition coefficient (Wildman–Crippen LogP) is 2.77. The number of pyridine rings is 1. The van der Waals surface area contributed by atoms with E-state index in [1.165, 1.54) is 0 Å². The van der Waals surface area contributed by atoms with Crippen molar-refractivity contribution in [3.63, 3.8) is 0 Å². The smallest absolute Gasteiger partial charge is 0.326 e. The molecule has 0 aliphatic carbocycles. The number of nitrogens with one attached hydrogen (secondary N) is 1. The van der Waals surface area contributed by atoms with Gasteiger partial charge in [-0.3, -0.25) is 14.3 Å². The number of carbonyl (C=O) groups is 1. The summed E-state index contributed by atoms with van der Waals surface area (Å²) in [5.74, 6) is 0.801. The van der Waals surface area contributed by atoms with E-state index in [1.807, 2.05) is 52.1 Å². The number of carbonyl (C=O) groups excluding carboxylic acids is 1. The number of benzene rings is 1. The third kappa shape index (κ3) is 4.27. The number of nitrogens with zero attached hydrogens (tertiary/aromatic N) is 4. The van der Waals surface area contributed by atoms with Crippen LogP contribution in [0.2, 0.25) is 0 Å². The lowest BCUT2D eigenvalue weighted by atomic mass is 9.78. The zero-order chi connectivity index (χ0) is 23.0. The molecule has 2 fully saturated rings. The molecule has 5 rings (SSSR count). The highest BCUT2D eigenvalue weighted by molar-refractivity contribution is 5.82. The monoisotopic (exact) mass is 448 g/mol. The minimum Gasteiger partial charge on any atom is -0.384 e. The third-order valence-corrected chi connectivity index (χ3v) is 7.47. The van der Waals surface area contributed by atoms with Crippen LogP contribution in [-0.4, -0.2) is 56.4 Å². The summed E-state index contributed by atoms with van der Waals surface area (Å²) in [6.07, 6.45) is 5.16. The van der Waals surface area contributed by atoms with Crippen LogP contribution in [0.5, 0.6) is 0 Å². The fourth-order valence-electron chi connectivity index (χ4n) is 5.35. The van der Waals surface area contributed by atoms with Gasteiger partial charge in [0.2, 0.25) is 5.91 Å². The number of aromatic nitrogens is 3. The van der Waals surface area contributed by atoms with Crippen molar-refractivity contribution in [2.75, 3.05) is 31.9 Å². The molecule has 0 atom stereocenters. The van der Waals surface area contributed by atoms with Crippen LogP contribution in [0.3, 0.4) is 0 Å². The van der Waals surface area contributed by atoms with Gasteiger partial charge in [0.25, 0.3) is 0 Å². The number of amides is 1. The van der Waals surface area contributed by atoms with Crippen LogP contribution < -0.4 is 11.4 Å². The van der Waals surface area contributed by atoms with Crippen molar-refractivity contribution in [1.29, 1.82) is 0 Å². The Hall–Kier alpha value is -3.13. The van der Waals surface area contributed by atoms with Crippen LogP contribution in [0.15, 0.2) is 47.4 Å². The molecule has 174 valence electrons. The summed E-state index contributed by atoms with van der Waals surface area (Å²) in [6, 6.07) is 11.8. The first-order chi connectivity index (χ1) is 15.9. The van der Waals surface area contributed by atoms with Gasteiger partial charge in [-0.05, 0) is 62.5 Å². The minimum atomic E-state index is -0.319. The van der Waals surface area contributed by atoms with Gasteiger partial charge in [0.1, 0.15) is 5.82 Å². The average molecular weight is 449 g/mol. The second-order valence-corrected chi connectivity index (χ2v) is 9.77. The number of nitrogen functional groups attached to an aromatic ring is 1. The van der Waals surface area contributed by atoms with Crippen molar-refractivity contribution in [2.24, 2.45) is 5.41 Å². The Bertz CT molecular complexity index is 1180. The van der Waals surface area contributed by atoms with Gasteiger partial charge in [-0.2, -0.15) is 0 Å². The summed E-state index contributed by atoms with van der Waals surface area (Å²) in [5, 5.41) is 0. The van der Waals surface area contributed by atoms with E-state index in [9.17, 15) is 9.59 Å². The SMILES string of the molecule is CC1(C(=O)N2CCC(n3c(=O)[nH]c4ccccc43)CC2)CCN(Cc2ccc(N)nc2)CC1. The number of H-pyrrole nitrogens is 1. The fourth-order valence-corrected chi connectivity index (χ4v) is 5.35. The molecule has 0 saturated carbocycles. The van der Waals surface area contributed by atoms with E-state index in [0.717, 1.165) is 61.9 Å². The van der Waals surface area contributed by atoms with E-state index < -0.39 is 0 Å². The van der Waals surface area contributed by atoms with Crippen molar-refractivity contribution in [3.8, 4) is 0 Å². The summed E-state index contributed by atoms with van der Waals surface area (Å²) >= 11 is 0. The number of likely N-dealkylation sites (tertiary alicyclic amines) is 2. The second kappa shape index (κ2) is 8.67. The molecule has 0 bridgehead atoms. The molecule has 0 unspecified atom stereocenters. The predicted molar refractivity (Wildman–Crippen MR) is 129 cm³/mol. The van der Waals surface area contributed by atoms with E-state index in [2.05, 4.69) is 21.8 Å². The number of hydrogen-bond donors (Lipinski definition) is 2. The molecule has 8 nitrogen and oxygen atoms in total. The van der Waals surface area contributed by atoms with E-state index in [1.54, 1.807) is 0 Å². The van der Waals surface area contributed by atoms with Crippen molar-refractivity contribution >= 4 is 22.8 Å². The van der Waals surface area contributed by atoms with Gasteiger partial charge < -0.3 is 15.6 Å². The highest BCUT2D eigenvalue weighted by atomic mass is 16.2. The number of piperidine rings is 2. The van der Waals surface area contributed by atoms with E-state index in [0.29, 0.717) is 18.9 Å². The van der Waals surface area contributed by atoms with Gasteiger partial charge in [-0.25, -0.2) is 9.78 Å². The molecule has 0 spiro atoms. The maximum Gasteiger partial charge on any atom is 0.326 e. The molecule has 3 N–H and O–H groups in total. The standard InChI is InChI=1S/C25H32N6O2/c1-25(10-14-29(15-11-25)17-18-6-7-22(26)27-16-18)23(32)30-12-8-19(9-13-30)31-21-5-3-2-4-20(21)28-24(31)33/h2-7,16,19H,8-15,17H2,1H3,(H2,26,27)(H,28,33). The van der Waals surface area contributed by atoms with E-state index >= 15 is 0 Å². The molecule has 33 heavy (non-hydrogen) atoms. The maximum atomic E-state index is 13.5. The maximum absolute atomic E-state index is 13.5. The second-order valence-electron chi connectivity index (χ2n) is 9.77. The topological polar surface area (TPSA) is 100 Å². The quantitative estimate of drug-likeness (QED) is 0.639. The van der Waals surface area contributed by atoms with Gasteiger partial charge in [-0.1, -0.05) is 25.1 Å². The molecule has 2 aromatic heterocycles. The molecule has 1 aromatic carbocycles. The lowest BCUT2D eigenvalue weighted by Crippen LogP contribution is -2.51. The summed E-state index contributed by atoms with van der Waals surface area (Å²) in [7, 11) is 0. The van der Waals surface area contributed by atoms with E-state index in [4.69, 9.17) is 5.73 Å². The first-order valence-electron chi connectivity index (χ1n) is 11.8. The number of para-hydroxylation sites is 2. The number of anilines is 1. The molecular formula is C25H32N6O2. The van der Waals surface area contributed by atoms with Gasteiger partial charge >= 0.3 is 5.69 Å². The first kappa shape index (κ1) is 21.7. The molecular weight excluding hydrogens is 416 g/mol. The molecule has 3 aromatic rings. The summed E-state index contributed by atoms with van der Waals surface area (Å²) in [5.41, 5.74) is 8.27. The number of hydrogen-bond acceptors (Lipinski definition) is 5. The largest absolute Gasteiger partial charge is 0.384 e. The Morgan fingerprint density at radius 2 is 1.85 bits per heavy atom. The lowest BCUT2D eigenvalue weighted by Gasteiger charge is -2.43. The zero-order valence-corrected chi connectivity index (χ0v) is 19.2. The molecule has 2 saturated heterocycles. The number of rotatable bonds is 4. The van der Waals surface area contributed by atoms with Crippen molar-refractivity contribution in [3.05, 3.63) is 58.6 Å². The fraction of sp³-hybridized carbons (Fsp3) is 0.480. The Balaban J connectivity index is 1.18. The van der Waals surface area contributed by atoms with Gasteiger partial charge in [-0.15, -0.1) is 0 Å². The van der Waals surface area contributed by atoms with Crippen molar-refractivity contribution in [2.45, 2.75) is 45.2 Å². The number of fused-ring (bicyclic) bond motifs is 1. The molecule has 8 heteroatoms. The Morgan fingerprint density at radius 1 is 1.12 bits per heavy atom. The molecule has 4 heterocycles. The van der Waals surface area contributed by atoms with Crippen LogP contribution in [0.1, 0.15) is 44.2 Å². The van der Waals surface area contributed by atoms with Gasteiger partial charge in [0.15, 0.2) is 0 Å². The van der Waals surface area contributed by atoms with Crippen molar-refractivity contribution in [1.82, 2.24) is 24.3 Å². The van der Waals surface area contributed by atoms with Crippen molar-refractivity contribution < 1.29 is 4.79 Å². The van der Waals surface area contributed by atoms with Gasteiger partial charge in [0, 0.05) is 37.3 Å². The third-order valence-electron chi connectivity index (χ3n) is 7.47. The lowest BCUT2D eigenvalue weighted by molar-refractivity contribution is -0.145. The Kier molecular flexibility index (Phi) is 5.70. The highest BCUT2D eigenvalue weighted by Crippen LogP contribution is 2.35. The van der Waals surface area contributed by atoms with Gasteiger partial charge in [0.05, 0.1) is 11.0 Å². The first-order valence-corrected chi connectivity index (χ1v) is 11.8. The van der Waals surface area contributed by atoms with Crippen LogP contribution in [0, 0.1) is 5.41 Å². The minimum absolute atomic E-state index is 0.0587. The van der Waals surface area contributed by atoms with E-state index in [-0.39, 0.29) is 23.1 Å². The molecule has 2 aliphatic rings. The normalized spacial score (nSPS) is 19.7. The molecule has 2 aliphatic heterocycles. The van der Waals surface area contributed by atoms with Crippen LogP contribution >= 0.6 is 0 Å². The highest BCUT2D eigenvalue weighted by Gasteiger charge is 2.40. The Morgan fingerprint density at radius 3 is 2.55 bits per heavy atom. The van der Waals surface area contributed by atoms with Crippen LogP contribution in [0.25, 0.3) is 11.0 Å². The average Bonchev–Trinajstić information content (AvgIpc) is 3.17. The molecule has 1 amide bonds. The summed E-state index contributed by atoms with van der Waals surface area (Å²) in [4.78, 5) is 37.5. The zero-order valence-electron chi connectivity index (χ0n) is 19.2. The number of nitrogens with two attached hydrogens (primary N) is 1. The summed E-state index contributed by atoms with van der Waals surface area (Å²) in [6.45, 7) is 6.15.